The molecule has 0 bridgehead atoms. The van der Waals surface area contributed by atoms with E-state index in [0.29, 0.717) is 0 Å². The summed E-state index contributed by atoms with van der Waals surface area (Å²) in [6, 6.07) is 0. The fraction of sp³-hybridized carbons (Fsp3) is 0.400. The second kappa shape index (κ2) is 3.66. The molecule has 1 atom stereocenters. The fourth-order valence-corrected chi connectivity index (χ4v) is 0.364. The average molecular weight is 178 g/mol. The van der Waals surface area contributed by atoms with Gasteiger partial charge in [0.2, 0.25) is 0 Å². The number of carboxylic acids is 1. The third kappa shape index (κ3) is 5.69. The molecule has 0 aliphatic rings. The highest BCUT2D eigenvalue weighted by Gasteiger charge is 1.82. The molecule has 0 saturated carbocycles. The number of alkyl halides is 1. The molecule has 0 fully saturated rings. The van der Waals surface area contributed by atoms with E-state index in [1.54, 1.807) is 0 Å². The van der Waals surface area contributed by atoms with Gasteiger partial charge in [0.05, 0.1) is 5.97 Å². The van der Waals surface area contributed by atoms with Crippen LogP contribution in [0.15, 0.2) is 12.2 Å². The Kier molecular flexibility index (Phi) is 3.52. The number of halogens is 1. The smallest absolute Gasteiger partial charge is 0.0640 e. The molecule has 0 aliphatic heterocycles. The van der Waals surface area contributed by atoms with Crippen LogP contribution in [0, 0.1) is 0 Å². The lowest BCUT2D eigenvalue weighted by molar-refractivity contribution is -0.297. The lowest BCUT2D eigenvalue weighted by Crippen LogP contribution is -2.18. The van der Waals surface area contributed by atoms with Crippen molar-refractivity contribution in [3.63, 3.8) is 0 Å². The number of allylic oxidation sites excluding steroid dienone is 1. The van der Waals surface area contributed by atoms with Gasteiger partial charge >= 0.3 is 0 Å². The first-order chi connectivity index (χ1) is 3.63. The van der Waals surface area contributed by atoms with Crippen LogP contribution in [0.1, 0.15) is 6.92 Å². The van der Waals surface area contributed by atoms with E-state index >= 15 is 0 Å². The summed E-state index contributed by atoms with van der Waals surface area (Å²) in [5.41, 5.74) is 0. The Morgan fingerprint density at radius 1 is 1.88 bits per heavy atom. The molecule has 46 valence electrons. The second-order valence-corrected chi connectivity index (χ2v) is 2.80. The van der Waals surface area contributed by atoms with Gasteiger partial charge < -0.3 is 9.90 Å². The van der Waals surface area contributed by atoms with E-state index in [2.05, 4.69) is 15.9 Å². The first-order valence-electron chi connectivity index (χ1n) is 2.16. The molecule has 0 amide bonds. The van der Waals surface area contributed by atoms with Crippen molar-refractivity contribution >= 4 is 21.9 Å². The number of hydrogen-bond acceptors (Lipinski definition) is 2. The predicted octanol–water partition coefficient (Wildman–Crippen LogP) is 0.0759. The molecule has 2 nitrogen and oxygen atoms in total. The lowest BCUT2D eigenvalue weighted by atomic mass is 10.4. The Morgan fingerprint density at radius 2 is 2.38 bits per heavy atom. The normalized spacial score (nSPS) is 14.2. The van der Waals surface area contributed by atoms with E-state index in [9.17, 15) is 9.90 Å². The van der Waals surface area contributed by atoms with Gasteiger partial charge in [0.15, 0.2) is 0 Å². The molecule has 0 aromatic rings. The van der Waals surface area contributed by atoms with Crippen molar-refractivity contribution in [2.24, 2.45) is 0 Å². The van der Waals surface area contributed by atoms with Gasteiger partial charge in [-0.05, 0) is 13.0 Å². The highest BCUT2D eigenvalue weighted by Crippen LogP contribution is 1.96. The number of aliphatic carboxylic acids is 1. The van der Waals surface area contributed by atoms with Gasteiger partial charge in [-0.25, -0.2) is 0 Å². The Morgan fingerprint density at radius 3 is 2.50 bits per heavy atom. The van der Waals surface area contributed by atoms with Gasteiger partial charge in [0.25, 0.3) is 0 Å². The largest absolute Gasteiger partial charge is 0.545 e. The SMILES string of the molecule is CC(Br)/C=C/C(=O)[O-]. The summed E-state index contributed by atoms with van der Waals surface area (Å²) in [5, 5.41) is 9.68. The Hall–Kier alpha value is -0.310. The number of carboxylic acid groups (broad SMARTS) is 1. The van der Waals surface area contributed by atoms with Gasteiger partial charge in [-0.2, -0.15) is 0 Å². The molecule has 0 spiro atoms. The van der Waals surface area contributed by atoms with Crippen LogP contribution in [0.2, 0.25) is 0 Å². The fourth-order valence-electron chi connectivity index (χ4n) is 0.211. The molecule has 1 unspecified atom stereocenters. The van der Waals surface area contributed by atoms with E-state index in [0.717, 1.165) is 6.08 Å². The molecular weight excluding hydrogens is 172 g/mol. The van der Waals surface area contributed by atoms with Crippen LogP contribution < -0.4 is 5.11 Å². The zero-order valence-electron chi connectivity index (χ0n) is 4.43. The van der Waals surface area contributed by atoms with Crippen LogP contribution >= 0.6 is 15.9 Å². The van der Waals surface area contributed by atoms with Gasteiger partial charge in [-0.1, -0.05) is 22.0 Å². The summed E-state index contributed by atoms with van der Waals surface area (Å²) in [5.74, 6) is -1.16. The van der Waals surface area contributed by atoms with Gasteiger partial charge in [-0.15, -0.1) is 0 Å². The van der Waals surface area contributed by atoms with E-state index in [4.69, 9.17) is 0 Å². The van der Waals surface area contributed by atoms with Crippen molar-refractivity contribution in [3.05, 3.63) is 12.2 Å². The predicted molar refractivity (Wildman–Crippen MR) is 32.5 cm³/mol. The molecule has 0 N–H and O–H groups in total. The van der Waals surface area contributed by atoms with Crippen LogP contribution in [0.25, 0.3) is 0 Å². The number of carbonyl (C=O) groups is 1. The van der Waals surface area contributed by atoms with Crippen molar-refractivity contribution in [2.45, 2.75) is 11.8 Å². The monoisotopic (exact) mass is 177 g/mol. The van der Waals surface area contributed by atoms with Crippen LogP contribution in [0.3, 0.4) is 0 Å². The van der Waals surface area contributed by atoms with Crippen molar-refractivity contribution in [1.29, 1.82) is 0 Å². The lowest BCUT2D eigenvalue weighted by Gasteiger charge is -1.91. The number of hydrogen-bond donors (Lipinski definition) is 0. The zero-order valence-corrected chi connectivity index (χ0v) is 6.01. The number of carbonyl (C=O) groups excluding carboxylic acids is 1. The first kappa shape index (κ1) is 7.69. The summed E-state index contributed by atoms with van der Waals surface area (Å²) >= 11 is 3.12. The second-order valence-electron chi connectivity index (χ2n) is 1.36. The standard InChI is InChI=1S/C5H7BrO2/c1-4(6)2-3-5(7)8/h2-4H,1H3,(H,7,8)/p-1/b3-2+. The van der Waals surface area contributed by atoms with Crippen LogP contribution in [-0.2, 0) is 4.79 Å². The van der Waals surface area contributed by atoms with E-state index in [-0.39, 0.29) is 4.83 Å². The molecule has 0 heterocycles. The maximum absolute atomic E-state index is 9.68. The Bertz CT molecular complexity index is 107. The van der Waals surface area contributed by atoms with E-state index in [1.165, 1.54) is 6.08 Å². The van der Waals surface area contributed by atoms with Gasteiger partial charge in [0, 0.05) is 4.83 Å². The van der Waals surface area contributed by atoms with Crippen molar-refractivity contribution < 1.29 is 9.90 Å². The van der Waals surface area contributed by atoms with Crippen molar-refractivity contribution in [2.75, 3.05) is 0 Å². The van der Waals surface area contributed by atoms with E-state index < -0.39 is 5.97 Å². The highest BCUT2D eigenvalue weighted by molar-refractivity contribution is 9.09. The average Bonchev–Trinajstić information content (AvgIpc) is 1.61. The quantitative estimate of drug-likeness (QED) is 0.443. The maximum atomic E-state index is 9.68. The third-order valence-corrected chi connectivity index (χ3v) is 0.803. The molecule has 8 heavy (non-hydrogen) atoms. The Balaban J connectivity index is 3.50. The van der Waals surface area contributed by atoms with Crippen molar-refractivity contribution in [3.8, 4) is 0 Å². The molecule has 0 radical (unpaired) electrons. The first-order valence-corrected chi connectivity index (χ1v) is 3.07. The minimum atomic E-state index is -1.16. The third-order valence-electron chi connectivity index (χ3n) is 0.497. The maximum Gasteiger partial charge on any atom is 0.0640 e. The zero-order chi connectivity index (χ0) is 6.57. The molecule has 0 aliphatic carbocycles. The molecule has 3 heteroatoms. The topological polar surface area (TPSA) is 40.1 Å². The minimum absolute atomic E-state index is 0.0976. The molecule has 0 aromatic heterocycles. The van der Waals surface area contributed by atoms with Crippen LogP contribution in [-0.4, -0.2) is 10.8 Å². The molecular formula is C5H6BrO2-. The summed E-state index contributed by atoms with van der Waals surface area (Å²) in [6.07, 6.45) is 2.49. The minimum Gasteiger partial charge on any atom is -0.545 e. The summed E-state index contributed by atoms with van der Waals surface area (Å²) in [6.45, 7) is 1.82. The van der Waals surface area contributed by atoms with E-state index in [1.807, 2.05) is 6.92 Å². The summed E-state index contributed by atoms with van der Waals surface area (Å²) < 4.78 is 0. The summed E-state index contributed by atoms with van der Waals surface area (Å²) in [4.78, 5) is 9.78. The number of rotatable bonds is 2. The van der Waals surface area contributed by atoms with Crippen LogP contribution in [0.4, 0.5) is 0 Å². The van der Waals surface area contributed by atoms with Crippen molar-refractivity contribution in [1.82, 2.24) is 0 Å². The highest BCUT2D eigenvalue weighted by atomic mass is 79.9. The molecule has 0 aromatic carbocycles. The van der Waals surface area contributed by atoms with Gasteiger partial charge in [-0.3, -0.25) is 0 Å². The Labute approximate surface area is 56.3 Å². The van der Waals surface area contributed by atoms with Crippen LogP contribution in [0.5, 0.6) is 0 Å². The summed E-state index contributed by atoms with van der Waals surface area (Å²) in [7, 11) is 0. The molecule has 0 saturated heterocycles. The molecule has 0 rings (SSSR count). The van der Waals surface area contributed by atoms with Gasteiger partial charge in [0.1, 0.15) is 0 Å².